The lowest BCUT2D eigenvalue weighted by Gasteiger charge is -2.39. The fourth-order valence-electron chi connectivity index (χ4n) is 8.07. The topological polar surface area (TPSA) is 115 Å². The Bertz CT molecular complexity index is 1730. The summed E-state index contributed by atoms with van der Waals surface area (Å²) in [7, 11) is 2.09. The van der Waals surface area contributed by atoms with E-state index in [2.05, 4.69) is 38.5 Å². The van der Waals surface area contributed by atoms with Crippen LogP contribution in [0.25, 0.3) is 21.8 Å². The first kappa shape index (κ1) is 30.2. The van der Waals surface area contributed by atoms with E-state index in [1.165, 1.54) is 4.90 Å². The van der Waals surface area contributed by atoms with E-state index in [0.717, 1.165) is 61.9 Å². The zero-order valence-electron chi connectivity index (χ0n) is 25.6. The van der Waals surface area contributed by atoms with Crippen LogP contribution in [0.15, 0.2) is 16.6 Å². The van der Waals surface area contributed by atoms with E-state index in [0.29, 0.717) is 42.6 Å². The van der Waals surface area contributed by atoms with Crippen LogP contribution >= 0.6 is 15.9 Å². The molecule has 3 aromatic rings. The summed E-state index contributed by atoms with van der Waals surface area (Å²) in [5.74, 6) is 0.0528. The summed E-state index contributed by atoms with van der Waals surface area (Å²) in [4.78, 5) is 35.6. The molecule has 4 aliphatic heterocycles. The quantitative estimate of drug-likeness (QED) is 0.318. The molecule has 5 fully saturated rings. The Balaban J connectivity index is 1.42. The summed E-state index contributed by atoms with van der Waals surface area (Å²) < 4.78 is 25.3. The number of fused-ring (bicyclic) bond motifs is 4. The third-order valence-corrected chi connectivity index (χ3v) is 11.5. The van der Waals surface area contributed by atoms with Crippen molar-refractivity contribution in [2.24, 2.45) is 5.92 Å². The number of ether oxygens (including phenoxy) is 1. The maximum absolute atomic E-state index is 16.3. The predicted molar refractivity (Wildman–Crippen MR) is 170 cm³/mol. The van der Waals surface area contributed by atoms with Crippen LogP contribution in [0.4, 0.5) is 9.18 Å². The van der Waals surface area contributed by atoms with E-state index in [4.69, 9.17) is 9.72 Å². The van der Waals surface area contributed by atoms with Crippen molar-refractivity contribution in [3.63, 3.8) is 0 Å². The lowest BCUT2D eigenvalue weighted by Crippen LogP contribution is -2.43. The Kier molecular flexibility index (Phi) is 7.89. The number of aromatic nitrogens is 2. The summed E-state index contributed by atoms with van der Waals surface area (Å²) in [6, 6.07) is 5.95. The average molecular weight is 682 g/mol. The molecule has 12 heteroatoms. The highest BCUT2D eigenvalue weighted by molar-refractivity contribution is 9.10. The van der Waals surface area contributed by atoms with Crippen LogP contribution in [0.1, 0.15) is 62.7 Å². The van der Waals surface area contributed by atoms with Crippen molar-refractivity contribution in [1.29, 1.82) is 5.26 Å². The molecule has 5 atom stereocenters. The number of hydrogen-bond donors (Lipinski definition) is 1. The number of rotatable bonds is 9. The number of nitriles is 1. The zero-order valence-corrected chi connectivity index (χ0v) is 27.2. The summed E-state index contributed by atoms with van der Waals surface area (Å²) >= 11 is 3.44. The fraction of sp³-hybridized carbons (Fsp3) is 0.576. The van der Waals surface area contributed by atoms with Gasteiger partial charge in [-0.2, -0.15) is 5.26 Å². The van der Waals surface area contributed by atoms with Crippen molar-refractivity contribution in [1.82, 2.24) is 24.3 Å². The number of aryl methyl sites for hydroxylation is 2. The van der Waals surface area contributed by atoms with E-state index in [-0.39, 0.29) is 52.5 Å². The van der Waals surface area contributed by atoms with Gasteiger partial charge in [0.05, 0.1) is 33.5 Å². The predicted octanol–water partition coefficient (Wildman–Crippen LogP) is 5.50. The Morgan fingerprint density at radius 1 is 1.22 bits per heavy atom. The molecule has 2 bridgehead atoms. The number of carbonyl (C=O) groups excluding carboxylic acids is 1. The van der Waals surface area contributed by atoms with Gasteiger partial charge in [0.15, 0.2) is 5.82 Å². The van der Waals surface area contributed by atoms with Crippen molar-refractivity contribution >= 4 is 49.7 Å². The van der Waals surface area contributed by atoms with E-state index >= 15 is 4.39 Å². The highest BCUT2D eigenvalue weighted by Gasteiger charge is 2.55. The standard InChI is InChI=1S/C33H38BrFN6O4/c1-18(24-7-4-11-38(24)2)45-32-23-16-21(8-9-26(42)39-12-5-13-39)41(30-20-15-25(30)40(17-20)33(43)44)31(23)22-14-19(6-3-10-36)27(34)28(35)29(22)37-32/h14,16,18,20,24-25,30H,3-9,11-13,15,17H2,1-2H3,(H,43,44)/t18-,20+,24-,25+,30-/m0/s1. The molecule has 1 aliphatic carbocycles. The van der Waals surface area contributed by atoms with Crippen LogP contribution in [0.2, 0.25) is 0 Å². The second-order valence-corrected chi connectivity index (χ2v) is 13.9. The molecule has 1 aromatic carbocycles. The zero-order chi connectivity index (χ0) is 31.6. The van der Waals surface area contributed by atoms with Gasteiger partial charge in [-0.25, -0.2) is 14.2 Å². The van der Waals surface area contributed by atoms with Gasteiger partial charge in [-0.1, -0.05) is 0 Å². The highest BCUT2D eigenvalue weighted by Crippen LogP contribution is 2.53. The fourth-order valence-corrected chi connectivity index (χ4v) is 8.57. The summed E-state index contributed by atoms with van der Waals surface area (Å²) in [5.41, 5.74) is 2.49. The first-order valence-corrected chi connectivity index (χ1v) is 16.8. The smallest absolute Gasteiger partial charge is 0.407 e. The summed E-state index contributed by atoms with van der Waals surface area (Å²) in [6.07, 6.45) is 4.14. The molecule has 2 aromatic heterocycles. The number of nitrogens with zero attached hydrogens (tertiary/aromatic N) is 6. The molecule has 0 unspecified atom stereocenters. The number of carboxylic acid groups (broad SMARTS) is 1. The van der Waals surface area contributed by atoms with Gasteiger partial charge in [-0.15, -0.1) is 0 Å². The Morgan fingerprint density at radius 3 is 2.67 bits per heavy atom. The molecule has 10 nitrogen and oxygen atoms in total. The first-order valence-electron chi connectivity index (χ1n) is 16.0. The van der Waals surface area contributed by atoms with Crippen molar-refractivity contribution in [2.45, 2.75) is 82.5 Å². The first-order chi connectivity index (χ1) is 21.7. The third-order valence-electron chi connectivity index (χ3n) is 10.6. The molecule has 1 saturated carbocycles. The number of likely N-dealkylation sites (tertiary alicyclic amines) is 2. The summed E-state index contributed by atoms with van der Waals surface area (Å²) in [6.45, 7) is 5.02. The van der Waals surface area contributed by atoms with Crippen molar-refractivity contribution in [3.05, 3.63) is 33.7 Å². The number of benzene rings is 1. The third kappa shape index (κ3) is 5.03. The molecular formula is C33H38BrFN6O4. The Morgan fingerprint density at radius 2 is 2.02 bits per heavy atom. The van der Waals surface area contributed by atoms with Crippen molar-refractivity contribution in [2.75, 3.05) is 33.2 Å². The second kappa shape index (κ2) is 11.7. The van der Waals surface area contributed by atoms with Crippen molar-refractivity contribution in [3.8, 4) is 11.9 Å². The summed E-state index contributed by atoms with van der Waals surface area (Å²) in [5, 5.41) is 20.6. The molecule has 45 heavy (non-hydrogen) atoms. The molecule has 6 heterocycles. The molecular weight excluding hydrogens is 643 g/mol. The number of amides is 2. The second-order valence-electron chi connectivity index (χ2n) is 13.1. The monoisotopic (exact) mass is 680 g/mol. The highest BCUT2D eigenvalue weighted by atomic mass is 79.9. The van der Waals surface area contributed by atoms with Crippen LogP contribution in [0.5, 0.6) is 5.88 Å². The van der Waals surface area contributed by atoms with Crippen LogP contribution in [0, 0.1) is 23.1 Å². The van der Waals surface area contributed by atoms with Gasteiger partial charge in [-0.05, 0) is 92.7 Å². The van der Waals surface area contributed by atoms with E-state index in [1.54, 1.807) is 0 Å². The number of halogens is 2. The Hall–Kier alpha value is -3.43. The number of likely N-dealkylation sites (N-methyl/N-ethyl adjacent to an activating group) is 1. The van der Waals surface area contributed by atoms with Crippen LogP contribution in [-0.2, 0) is 17.6 Å². The van der Waals surface area contributed by atoms with Gasteiger partial charge in [0.1, 0.15) is 11.6 Å². The van der Waals surface area contributed by atoms with Crippen molar-refractivity contribution < 1.29 is 23.8 Å². The molecule has 2 amide bonds. The minimum atomic E-state index is -0.935. The minimum absolute atomic E-state index is 0.105. The normalized spacial score (nSPS) is 25.0. The SMILES string of the molecule is C[C@H](Oc1nc2c(F)c(Br)c(CCC#N)cc2c2c1cc(CCC(=O)N1CCC1)n2[C@H]1[C@@H]2C[C@H]1N(C(=O)O)C2)[C@@H]1CCCN1C. The van der Waals surface area contributed by atoms with Crippen LogP contribution in [0.3, 0.4) is 0 Å². The molecule has 5 aliphatic rings. The molecule has 0 radical (unpaired) electrons. The van der Waals surface area contributed by atoms with Gasteiger partial charge < -0.3 is 24.2 Å². The van der Waals surface area contributed by atoms with Gasteiger partial charge in [0.25, 0.3) is 0 Å². The molecule has 0 spiro atoms. The molecule has 238 valence electrons. The van der Waals surface area contributed by atoms with E-state index in [9.17, 15) is 20.0 Å². The van der Waals surface area contributed by atoms with Crippen LogP contribution in [-0.4, -0.2) is 92.8 Å². The van der Waals surface area contributed by atoms with Gasteiger partial charge >= 0.3 is 6.09 Å². The average Bonchev–Trinajstić information content (AvgIpc) is 3.76. The van der Waals surface area contributed by atoms with E-state index in [1.807, 2.05) is 24.0 Å². The maximum Gasteiger partial charge on any atom is 0.407 e. The largest absolute Gasteiger partial charge is 0.472 e. The Labute approximate surface area is 269 Å². The molecule has 4 saturated heterocycles. The number of pyridine rings is 1. The van der Waals surface area contributed by atoms with Crippen LogP contribution < -0.4 is 4.74 Å². The minimum Gasteiger partial charge on any atom is -0.472 e. The van der Waals surface area contributed by atoms with E-state index < -0.39 is 11.9 Å². The maximum atomic E-state index is 16.3. The molecule has 1 N–H and O–H groups in total. The lowest BCUT2D eigenvalue weighted by atomic mass is 9.79. The molecule has 8 rings (SSSR count). The lowest BCUT2D eigenvalue weighted by molar-refractivity contribution is -0.134. The van der Waals surface area contributed by atoms with Gasteiger partial charge in [0, 0.05) is 55.5 Å². The van der Waals surface area contributed by atoms with Gasteiger partial charge in [-0.3, -0.25) is 9.69 Å². The van der Waals surface area contributed by atoms with Gasteiger partial charge in [0.2, 0.25) is 11.8 Å². The number of carbonyl (C=O) groups is 2. The number of hydrogen-bond acceptors (Lipinski definition) is 6.